The van der Waals surface area contributed by atoms with E-state index in [1.165, 1.54) is 0 Å². The Kier molecular flexibility index (Phi) is 9.05. The summed E-state index contributed by atoms with van der Waals surface area (Å²) in [4.78, 5) is 84.5. The molecular formula is C19H24N2O11. The Balaban J connectivity index is 3.54. The molecule has 3 atom stereocenters. The molecule has 176 valence electrons. The van der Waals surface area contributed by atoms with Crippen LogP contribution in [-0.2, 0) is 47.7 Å². The van der Waals surface area contributed by atoms with Gasteiger partial charge < -0.3 is 18.9 Å². The standard InChI is InChI=1S/C19H24N2O11/c1-9(22)29-8-15(31-11(3)24)16(32-12(4)25)14(30-10(2)23)7-13-17(26)20(5)19(28)21(6)18(13)27/h7,14-16H,8H2,1-6H3/t14-,15+,16+/m1/s1. The molecule has 0 saturated carbocycles. The van der Waals surface area contributed by atoms with Gasteiger partial charge in [-0.2, -0.15) is 0 Å². The Labute approximate surface area is 183 Å². The van der Waals surface area contributed by atoms with Gasteiger partial charge in [0.15, 0.2) is 18.3 Å². The quantitative estimate of drug-likeness (QED) is 0.197. The molecule has 13 nitrogen and oxygen atoms in total. The Morgan fingerprint density at radius 3 is 1.66 bits per heavy atom. The van der Waals surface area contributed by atoms with Gasteiger partial charge in [-0.15, -0.1) is 0 Å². The molecule has 4 amide bonds. The Hall–Kier alpha value is -3.77. The van der Waals surface area contributed by atoms with Crippen LogP contribution in [0, 0.1) is 0 Å². The van der Waals surface area contributed by atoms with E-state index < -0.39 is 72.2 Å². The summed E-state index contributed by atoms with van der Waals surface area (Å²) < 4.78 is 20.2. The maximum absolute atomic E-state index is 12.5. The minimum atomic E-state index is -1.63. The third-order valence-corrected chi connectivity index (χ3v) is 4.04. The van der Waals surface area contributed by atoms with E-state index in [1.54, 1.807) is 0 Å². The van der Waals surface area contributed by atoms with Crippen molar-refractivity contribution in [1.29, 1.82) is 0 Å². The van der Waals surface area contributed by atoms with E-state index in [2.05, 4.69) is 0 Å². The van der Waals surface area contributed by atoms with Crippen molar-refractivity contribution in [2.24, 2.45) is 0 Å². The van der Waals surface area contributed by atoms with E-state index in [4.69, 9.17) is 18.9 Å². The second-order valence-electron chi connectivity index (χ2n) is 6.69. The number of urea groups is 1. The van der Waals surface area contributed by atoms with Gasteiger partial charge in [0.25, 0.3) is 11.8 Å². The molecular weight excluding hydrogens is 432 g/mol. The minimum Gasteiger partial charge on any atom is -0.462 e. The first kappa shape index (κ1) is 26.3. The number of barbiturate groups is 1. The molecule has 1 rings (SSSR count). The first-order valence-electron chi connectivity index (χ1n) is 9.23. The van der Waals surface area contributed by atoms with E-state index in [0.29, 0.717) is 9.80 Å². The number of ether oxygens (including phenoxy) is 4. The van der Waals surface area contributed by atoms with Gasteiger partial charge in [-0.25, -0.2) is 4.79 Å². The molecule has 0 N–H and O–H groups in total. The van der Waals surface area contributed by atoms with Crippen LogP contribution in [0.5, 0.6) is 0 Å². The number of amides is 4. The number of hydrogen-bond acceptors (Lipinski definition) is 11. The van der Waals surface area contributed by atoms with Crippen molar-refractivity contribution in [2.45, 2.75) is 46.0 Å². The van der Waals surface area contributed by atoms with Gasteiger partial charge in [0, 0.05) is 41.8 Å². The number of carbonyl (C=O) groups is 7. The molecule has 1 fully saturated rings. The lowest BCUT2D eigenvalue weighted by Crippen LogP contribution is -2.54. The normalized spacial score (nSPS) is 16.7. The molecule has 0 bridgehead atoms. The first-order valence-corrected chi connectivity index (χ1v) is 9.23. The number of hydrogen-bond donors (Lipinski definition) is 0. The average Bonchev–Trinajstić information content (AvgIpc) is 2.68. The van der Waals surface area contributed by atoms with Crippen molar-refractivity contribution in [3.8, 4) is 0 Å². The van der Waals surface area contributed by atoms with Crippen LogP contribution < -0.4 is 0 Å². The van der Waals surface area contributed by atoms with E-state index in [1.807, 2.05) is 0 Å². The van der Waals surface area contributed by atoms with Gasteiger partial charge in [-0.05, 0) is 6.08 Å². The zero-order chi connectivity index (χ0) is 24.7. The van der Waals surface area contributed by atoms with E-state index in [-0.39, 0.29) is 0 Å². The first-order chi connectivity index (χ1) is 14.8. The van der Waals surface area contributed by atoms with Gasteiger partial charge in [-0.1, -0.05) is 0 Å². The van der Waals surface area contributed by atoms with Crippen LogP contribution >= 0.6 is 0 Å². The molecule has 1 heterocycles. The third kappa shape index (κ3) is 6.89. The van der Waals surface area contributed by atoms with Crippen molar-refractivity contribution < 1.29 is 52.5 Å². The predicted molar refractivity (Wildman–Crippen MR) is 102 cm³/mol. The van der Waals surface area contributed by atoms with Crippen molar-refractivity contribution >= 4 is 41.7 Å². The van der Waals surface area contributed by atoms with Gasteiger partial charge >= 0.3 is 29.9 Å². The van der Waals surface area contributed by atoms with Gasteiger partial charge in [0.2, 0.25) is 0 Å². The lowest BCUT2D eigenvalue weighted by atomic mass is 10.0. The molecule has 1 aliphatic rings. The van der Waals surface area contributed by atoms with Crippen LogP contribution in [0.2, 0.25) is 0 Å². The molecule has 13 heteroatoms. The van der Waals surface area contributed by atoms with Crippen LogP contribution in [-0.4, -0.2) is 90.5 Å². The number of imide groups is 2. The Bertz CT molecular complexity index is 837. The fourth-order valence-electron chi connectivity index (χ4n) is 2.70. The molecule has 0 aliphatic carbocycles. The summed E-state index contributed by atoms with van der Waals surface area (Å²) in [6, 6.07) is -0.884. The number of nitrogens with zero attached hydrogens (tertiary/aromatic N) is 2. The number of rotatable bonds is 8. The molecule has 32 heavy (non-hydrogen) atoms. The van der Waals surface area contributed by atoms with Crippen LogP contribution in [0.4, 0.5) is 4.79 Å². The number of esters is 4. The van der Waals surface area contributed by atoms with Crippen molar-refractivity contribution in [2.75, 3.05) is 20.7 Å². The number of likely N-dealkylation sites (N-methyl/N-ethyl adjacent to an activating group) is 2. The van der Waals surface area contributed by atoms with Gasteiger partial charge in [0.05, 0.1) is 0 Å². The Morgan fingerprint density at radius 2 is 1.25 bits per heavy atom. The topological polar surface area (TPSA) is 163 Å². The van der Waals surface area contributed by atoms with Crippen LogP contribution in [0.3, 0.4) is 0 Å². The largest absolute Gasteiger partial charge is 0.462 e. The van der Waals surface area contributed by atoms with Gasteiger partial charge in [0.1, 0.15) is 12.2 Å². The summed E-state index contributed by atoms with van der Waals surface area (Å²) in [5.41, 5.74) is -0.563. The third-order valence-electron chi connectivity index (χ3n) is 4.04. The maximum Gasteiger partial charge on any atom is 0.333 e. The molecule has 0 unspecified atom stereocenters. The van der Waals surface area contributed by atoms with Crippen LogP contribution in [0.1, 0.15) is 27.7 Å². The summed E-state index contributed by atoms with van der Waals surface area (Å²) in [6.07, 6.45) is -3.83. The average molecular weight is 456 g/mol. The smallest absolute Gasteiger partial charge is 0.333 e. The zero-order valence-electron chi connectivity index (χ0n) is 18.4. The predicted octanol–water partition coefficient (Wildman–Crippen LogP) is -0.679. The summed E-state index contributed by atoms with van der Waals surface area (Å²) in [6.45, 7) is 3.55. The van der Waals surface area contributed by atoms with Crippen molar-refractivity contribution in [3.63, 3.8) is 0 Å². The molecule has 0 spiro atoms. The van der Waals surface area contributed by atoms with Crippen LogP contribution in [0.25, 0.3) is 0 Å². The lowest BCUT2D eigenvalue weighted by molar-refractivity contribution is -0.185. The van der Waals surface area contributed by atoms with E-state index in [9.17, 15) is 33.6 Å². The van der Waals surface area contributed by atoms with E-state index >= 15 is 0 Å². The summed E-state index contributed by atoms with van der Waals surface area (Å²) in [7, 11) is 2.27. The fourth-order valence-corrected chi connectivity index (χ4v) is 2.70. The summed E-state index contributed by atoms with van der Waals surface area (Å²) in [5.74, 6) is -5.38. The van der Waals surface area contributed by atoms with Crippen LogP contribution in [0.15, 0.2) is 11.6 Å². The molecule has 0 aromatic heterocycles. The maximum atomic E-state index is 12.5. The second kappa shape index (κ2) is 11.0. The van der Waals surface area contributed by atoms with Crippen molar-refractivity contribution in [3.05, 3.63) is 11.6 Å². The highest BCUT2D eigenvalue weighted by Gasteiger charge is 2.42. The SMILES string of the molecule is CC(=O)OC[C@H](OC(C)=O)[C@@H](OC(C)=O)[C@@H](C=C1C(=O)N(C)C(=O)N(C)C1=O)OC(C)=O. The van der Waals surface area contributed by atoms with Crippen molar-refractivity contribution in [1.82, 2.24) is 9.80 Å². The number of carbonyl (C=O) groups excluding carboxylic acids is 7. The minimum absolute atomic E-state index is 0.563. The fraction of sp³-hybridized carbons (Fsp3) is 0.526. The molecule has 1 saturated heterocycles. The summed E-state index contributed by atoms with van der Waals surface area (Å²) in [5, 5.41) is 0. The molecule has 0 aromatic carbocycles. The van der Waals surface area contributed by atoms with Gasteiger partial charge in [-0.3, -0.25) is 38.6 Å². The highest BCUT2D eigenvalue weighted by molar-refractivity contribution is 6.28. The molecule has 1 aliphatic heterocycles. The molecule has 0 aromatic rings. The zero-order valence-corrected chi connectivity index (χ0v) is 18.4. The second-order valence-corrected chi connectivity index (χ2v) is 6.69. The lowest BCUT2D eigenvalue weighted by Gasteiger charge is -2.32. The summed E-state index contributed by atoms with van der Waals surface area (Å²) >= 11 is 0. The van der Waals surface area contributed by atoms with E-state index in [0.717, 1.165) is 47.9 Å². The highest BCUT2D eigenvalue weighted by Crippen LogP contribution is 2.21. The highest BCUT2D eigenvalue weighted by atomic mass is 16.6. The Morgan fingerprint density at radius 1 is 0.781 bits per heavy atom. The molecule has 0 radical (unpaired) electrons. The monoisotopic (exact) mass is 456 g/mol.